The number of carbonyl (C=O) groups is 2. The van der Waals surface area contributed by atoms with Crippen LogP contribution in [0.5, 0.6) is 0 Å². The smallest absolute Gasteiger partial charge is 0.307 e. The zero-order chi connectivity index (χ0) is 17.4. The number of methoxy groups -OCH3 is 1. The van der Waals surface area contributed by atoms with Crippen molar-refractivity contribution in [2.45, 2.75) is 38.1 Å². The van der Waals surface area contributed by atoms with Crippen LogP contribution in [0.25, 0.3) is 0 Å². The second-order valence-corrected chi connectivity index (χ2v) is 7.10. The van der Waals surface area contributed by atoms with E-state index in [1.165, 1.54) is 7.11 Å². The highest BCUT2D eigenvalue weighted by Gasteiger charge is 2.20. The molecule has 0 radical (unpaired) electrons. The molecule has 5 nitrogen and oxygen atoms in total. The minimum atomic E-state index is -0.355. The second kappa shape index (κ2) is 9.79. The minimum absolute atomic E-state index is 0.00893. The summed E-state index contributed by atoms with van der Waals surface area (Å²) in [5.41, 5.74) is 0.902. The summed E-state index contributed by atoms with van der Waals surface area (Å²) in [5.74, 6) is 0.274. The normalized spacial score (nSPS) is 16.4. The summed E-state index contributed by atoms with van der Waals surface area (Å²) in [4.78, 5) is 24.0. The number of hydrogen-bond acceptors (Lipinski definition) is 4. The Labute approximate surface area is 151 Å². The number of nitrogens with one attached hydrogen (secondary N) is 2. The first-order valence-electron chi connectivity index (χ1n) is 8.41. The van der Waals surface area contributed by atoms with Gasteiger partial charge in [-0.3, -0.25) is 9.59 Å². The Balaban J connectivity index is 1.92. The average molecular weight is 397 g/mol. The van der Waals surface area contributed by atoms with Gasteiger partial charge in [-0.25, -0.2) is 0 Å². The third-order valence-corrected chi connectivity index (χ3v) is 4.97. The van der Waals surface area contributed by atoms with Crippen LogP contribution in [0.3, 0.4) is 0 Å². The Hall–Kier alpha value is -1.40. The van der Waals surface area contributed by atoms with Crippen molar-refractivity contribution in [1.29, 1.82) is 0 Å². The van der Waals surface area contributed by atoms with E-state index < -0.39 is 0 Å². The van der Waals surface area contributed by atoms with E-state index in [-0.39, 0.29) is 24.3 Å². The van der Waals surface area contributed by atoms with Gasteiger partial charge in [0.2, 0.25) is 5.91 Å². The third kappa shape index (κ3) is 6.24. The Kier molecular flexibility index (Phi) is 7.72. The molecular formula is C18H25BrN2O3. The minimum Gasteiger partial charge on any atom is -0.469 e. The lowest BCUT2D eigenvalue weighted by molar-refractivity contribution is -0.141. The maximum Gasteiger partial charge on any atom is 0.307 e. The van der Waals surface area contributed by atoms with Crippen molar-refractivity contribution in [1.82, 2.24) is 10.6 Å². The molecule has 1 aromatic rings. The SMILES string of the molecule is COC(=O)CC(NC(=O)CCC1CCNCC1)c1ccc(Br)cc1. The van der Waals surface area contributed by atoms with E-state index in [1.807, 2.05) is 24.3 Å². The van der Waals surface area contributed by atoms with Gasteiger partial charge >= 0.3 is 5.97 Å². The summed E-state index contributed by atoms with van der Waals surface area (Å²) in [7, 11) is 1.36. The molecule has 1 amide bonds. The van der Waals surface area contributed by atoms with Gasteiger partial charge in [0.15, 0.2) is 0 Å². The van der Waals surface area contributed by atoms with Gasteiger partial charge in [0.1, 0.15) is 0 Å². The molecule has 1 unspecified atom stereocenters. The van der Waals surface area contributed by atoms with E-state index >= 15 is 0 Å². The van der Waals surface area contributed by atoms with Crippen molar-refractivity contribution in [3.63, 3.8) is 0 Å². The number of rotatable bonds is 7. The van der Waals surface area contributed by atoms with Crippen LogP contribution < -0.4 is 10.6 Å². The zero-order valence-electron chi connectivity index (χ0n) is 14.0. The molecule has 0 saturated carbocycles. The predicted octanol–water partition coefficient (Wildman–Crippen LogP) is 2.95. The number of piperidine rings is 1. The summed E-state index contributed by atoms with van der Waals surface area (Å²) < 4.78 is 5.71. The fourth-order valence-corrected chi connectivity index (χ4v) is 3.23. The maximum absolute atomic E-state index is 12.3. The Morgan fingerprint density at radius 1 is 1.29 bits per heavy atom. The van der Waals surface area contributed by atoms with Crippen LogP contribution in [0.1, 0.15) is 43.7 Å². The van der Waals surface area contributed by atoms with E-state index in [4.69, 9.17) is 4.74 Å². The molecule has 132 valence electrons. The van der Waals surface area contributed by atoms with Crippen molar-refractivity contribution in [3.8, 4) is 0 Å². The highest BCUT2D eigenvalue weighted by molar-refractivity contribution is 9.10. The van der Waals surface area contributed by atoms with Crippen molar-refractivity contribution in [2.24, 2.45) is 5.92 Å². The fourth-order valence-electron chi connectivity index (χ4n) is 2.97. The monoisotopic (exact) mass is 396 g/mol. The van der Waals surface area contributed by atoms with Gasteiger partial charge in [0, 0.05) is 10.9 Å². The molecule has 1 aliphatic rings. The molecule has 0 aromatic heterocycles. The van der Waals surface area contributed by atoms with Gasteiger partial charge in [-0.1, -0.05) is 28.1 Å². The number of carbonyl (C=O) groups excluding carboxylic acids is 2. The quantitative estimate of drug-likeness (QED) is 0.695. The van der Waals surface area contributed by atoms with Crippen LogP contribution in [-0.2, 0) is 14.3 Å². The van der Waals surface area contributed by atoms with Gasteiger partial charge in [0.25, 0.3) is 0 Å². The van der Waals surface area contributed by atoms with Crippen LogP contribution >= 0.6 is 15.9 Å². The molecule has 0 spiro atoms. The molecule has 1 saturated heterocycles. The van der Waals surface area contributed by atoms with Crippen LogP contribution in [0, 0.1) is 5.92 Å². The van der Waals surface area contributed by atoms with Crippen LogP contribution in [-0.4, -0.2) is 32.1 Å². The lowest BCUT2D eigenvalue weighted by Crippen LogP contribution is -2.32. The molecule has 1 aromatic carbocycles. The molecule has 1 atom stereocenters. The van der Waals surface area contributed by atoms with Crippen molar-refractivity contribution >= 4 is 27.8 Å². The predicted molar refractivity (Wildman–Crippen MR) is 96.5 cm³/mol. The molecule has 24 heavy (non-hydrogen) atoms. The number of amides is 1. The highest BCUT2D eigenvalue weighted by atomic mass is 79.9. The average Bonchev–Trinajstić information content (AvgIpc) is 2.61. The molecule has 1 fully saturated rings. The molecular weight excluding hydrogens is 372 g/mol. The number of ether oxygens (including phenoxy) is 1. The molecule has 0 bridgehead atoms. The lowest BCUT2D eigenvalue weighted by atomic mass is 9.93. The summed E-state index contributed by atoms with van der Waals surface area (Å²) in [6.07, 6.45) is 3.80. The van der Waals surface area contributed by atoms with Crippen LogP contribution in [0.2, 0.25) is 0 Å². The Morgan fingerprint density at radius 3 is 2.58 bits per heavy atom. The first kappa shape index (κ1) is 18.9. The first-order chi connectivity index (χ1) is 11.6. The fraction of sp³-hybridized carbons (Fsp3) is 0.556. The molecule has 2 N–H and O–H groups in total. The summed E-state index contributed by atoms with van der Waals surface area (Å²) in [5, 5.41) is 6.32. The Morgan fingerprint density at radius 2 is 1.96 bits per heavy atom. The zero-order valence-corrected chi connectivity index (χ0v) is 15.6. The molecule has 0 aliphatic carbocycles. The van der Waals surface area contributed by atoms with Crippen LogP contribution in [0.15, 0.2) is 28.7 Å². The number of esters is 1. The van der Waals surface area contributed by atoms with Gasteiger partial charge in [-0.2, -0.15) is 0 Å². The van der Waals surface area contributed by atoms with Gasteiger partial charge < -0.3 is 15.4 Å². The largest absolute Gasteiger partial charge is 0.469 e. The third-order valence-electron chi connectivity index (χ3n) is 4.44. The summed E-state index contributed by atoms with van der Waals surface area (Å²) in [6.45, 7) is 2.08. The standard InChI is InChI=1S/C18H25BrN2O3/c1-24-18(23)12-16(14-3-5-15(19)6-4-14)21-17(22)7-2-13-8-10-20-11-9-13/h3-6,13,16,20H,2,7-12H2,1H3,(H,21,22). The number of halogens is 1. The molecule has 6 heteroatoms. The van der Waals surface area contributed by atoms with Gasteiger partial charge in [0.05, 0.1) is 19.6 Å². The van der Waals surface area contributed by atoms with Crippen molar-refractivity contribution in [2.75, 3.05) is 20.2 Å². The van der Waals surface area contributed by atoms with E-state index in [1.54, 1.807) is 0 Å². The van der Waals surface area contributed by atoms with Crippen molar-refractivity contribution < 1.29 is 14.3 Å². The van der Waals surface area contributed by atoms with Crippen LogP contribution in [0.4, 0.5) is 0 Å². The number of benzene rings is 1. The Bertz CT molecular complexity index is 542. The topological polar surface area (TPSA) is 67.4 Å². The van der Waals surface area contributed by atoms with Crippen molar-refractivity contribution in [3.05, 3.63) is 34.3 Å². The summed E-state index contributed by atoms with van der Waals surface area (Å²) in [6, 6.07) is 7.27. The summed E-state index contributed by atoms with van der Waals surface area (Å²) >= 11 is 3.39. The molecule has 1 aliphatic heterocycles. The van der Waals surface area contributed by atoms with Gasteiger partial charge in [-0.05, 0) is 56.0 Å². The highest BCUT2D eigenvalue weighted by Crippen LogP contribution is 2.22. The number of hydrogen-bond donors (Lipinski definition) is 2. The molecule has 1 heterocycles. The van der Waals surface area contributed by atoms with E-state index in [0.29, 0.717) is 12.3 Å². The van der Waals surface area contributed by atoms with Gasteiger partial charge in [-0.15, -0.1) is 0 Å². The molecule has 2 rings (SSSR count). The second-order valence-electron chi connectivity index (χ2n) is 6.18. The lowest BCUT2D eigenvalue weighted by Gasteiger charge is -2.23. The van der Waals surface area contributed by atoms with E-state index in [9.17, 15) is 9.59 Å². The maximum atomic E-state index is 12.3. The first-order valence-corrected chi connectivity index (χ1v) is 9.20. The van der Waals surface area contributed by atoms with E-state index in [0.717, 1.165) is 42.4 Å². The van der Waals surface area contributed by atoms with E-state index in [2.05, 4.69) is 26.6 Å².